The average Bonchev–Trinajstić information content (AvgIpc) is 2.74. The highest BCUT2D eigenvalue weighted by atomic mass is 16.6. The number of rotatable bonds is 3. The van der Waals surface area contributed by atoms with Crippen molar-refractivity contribution < 1.29 is 14.3 Å². The number of esters is 1. The van der Waals surface area contributed by atoms with Gasteiger partial charge in [0.1, 0.15) is 6.04 Å². The number of carbonyl (C=O) groups excluding carboxylic acids is 2. The molecule has 0 N–H and O–H groups in total. The Morgan fingerprint density at radius 1 is 0.793 bits per heavy atom. The number of benzene rings is 4. The second kappa shape index (κ2) is 6.74. The van der Waals surface area contributed by atoms with E-state index in [1.807, 2.05) is 60.7 Å². The van der Waals surface area contributed by atoms with Crippen molar-refractivity contribution in [3.05, 3.63) is 90.5 Å². The average molecular weight is 381 g/mol. The maximum atomic E-state index is 12.9. The van der Waals surface area contributed by atoms with E-state index in [0.29, 0.717) is 0 Å². The largest absolute Gasteiger partial charge is 0.450 e. The summed E-state index contributed by atoms with van der Waals surface area (Å²) in [6, 6.07) is 27.9. The molecule has 1 saturated heterocycles. The molecule has 1 heterocycles. The number of fused-ring (bicyclic) bond motifs is 2. The molecule has 0 saturated carbocycles. The molecule has 142 valence electrons. The third-order valence-electron chi connectivity index (χ3n) is 5.45. The second-order valence-corrected chi connectivity index (χ2v) is 7.32. The Morgan fingerprint density at radius 2 is 1.41 bits per heavy atom. The molecule has 0 unspecified atom stereocenters. The number of hydrogen-bond donors (Lipinski definition) is 0. The zero-order valence-corrected chi connectivity index (χ0v) is 15.9. The molecule has 0 radical (unpaired) electrons. The van der Waals surface area contributed by atoms with Gasteiger partial charge < -0.3 is 4.74 Å². The van der Waals surface area contributed by atoms with Crippen LogP contribution in [-0.4, -0.2) is 18.0 Å². The molecule has 0 aromatic heterocycles. The van der Waals surface area contributed by atoms with Crippen LogP contribution in [0.4, 0.5) is 5.69 Å². The molecule has 1 fully saturated rings. The number of ether oxygens (including phenoxy) is 1. The highest BCUT2D eigenvalue weighted by Crippen LogP contribution is 2.42. The van der Waals surface area contributed by atoms with Crippen LogP contribution in [0.3, 0.4) is 0 Å². The summed E-state index contributed by atoms with van der Waals surface area (Å²) < 4.78 is 5.33. The van der Waals surface area contributed by atoms with E-state index in [9.17, 15) is 9.59 Å². The van der Waals surface area contributed by atoms with Crippen molar-refractivity contribution in [2.24, 2.45) is 0 Å². The van der Waals surface area contributed by atoms with Crippen LogP contribution in [0.5, 0.6) is 0 Å². The fourth-order valence-electron chi connectivity index (χ4n) is 4.10. The van der Waals surface area contributed by atoms with E-state index in [-0.39, 0.29) is 11.9 Å². The smallest absolute Gasteiger partial charge is 0.303 e. The van der Waals surface area contributed by atoms with Gasteiger partial charge in [-0.2, -0.15) is 0 Å². The number of carbonyl (C=O) groups is 2. The summed E-state index contributed by atoms with van der Waals surface area (Å²) >= 11 is 0. The highest BCUT2D eigenvalue weighted by Gasteiger charge is 2.51. The third kappa shape index (κ3) is 2.93. The minimum Gasteiger partial charge on any atom is -0.450 e. The van der Waals surface area contributed by atoms with Crippen LogP contribution in [0.1, 0.15) is 18.5 Å². The normalized spacial score (nSPS) is 18.7. The third-order valence-corrected chi connectivity index (χ3v) is 5.45. The SMILES string of the molecule is CC(=O)O[C@@H]1C(=O)N(c2ccc3cc4ccccc4cc3c2)[C@@H]1c1ccccc1. The van der Waals surface area contributed by atoms with Gasteiger partial charge in [-0.1, -0.05) is 60.7 Å². The Hall–Kier alpha value is -3.66. The first kappa shape index (κ1) is 17.4. The second-order valence-electron chi connectivity index (χ2n) is 7.32. The summed E-state index contributed by atoms with van der Waals surface area (Å²) in [5.74, 6) is -0.650. The fourth-order valence-corrected chi connectivity index (χ4v) is 4.10. The molecule has 4 nitrogen and oxygen atoms in total. The molecule has 1 aliphatic rings. The Balaban J connectivity index is 1.59. The molecule has 2 atom stereocenters. The lowest BCUT2D eigenvalue weighted by Crippen LogP contribution is -2.60. The lowest BCUT2D eigenvalue weighted by atomic mass is 9.89. The van der Waals surface area contributed by atoms with Crippen molar-refractivity contribution in [2.45, 2.75) is 19.1 Å². The van der Waals surface area contributed by atoms with Gasteiger partial charge in [-0.25, -0.2) is 0 Å². The van der Waals surface area contributed by atoms with Crippen LogP contribution in [0.25, 0.3) is 21.5 Å². The van der Waals surface area contributed by atoms with E-state index in [1.54, 1.807) is 4.90 Å². The van der Waals surface area contributed by atoms with E-state index in [1.165, 1.54) is 12.3 Å². The molecule has 1 aliphatic heterocycles. The molecule has 0 aliphatic carbocycles. The molecule has 4 aromatic rings. The fraction of sp³-hybridized carbons (Fsp3) is 0.120. The molecule has 29 heavy (non-hydrogen) atoms. The molecule has 1 amide bonds. The zero-order chi connectivity index (χ0) is 20.0. The molecule has 4 aromatic carbocycles. The van der Waals surface area contributed by atoms with Crippen LogP contribution >= 0.6 is 0 Å². The first-order valence-corrected chi connectivity index (χ1v) is 9.59. The predicted octanol–water partition coefficient (Wildman–Crippen LogP) is 5.01. The van der Waals surface area contributed by atoms with Crippen molar-refractivity contribution in [3.63, 3.8) is 0 Å². The molecule has 4 heteroatoms. The molecule has 0 spiro atoms. The molecular weight excluding hydrogens is 362 g/mol. The number of anilines is 1. The summed E-state index contributed by atoms with van der Waals surface area (Å²) in [7, 11) is 0. The standard InChI is InChI=1S/C25H19NO3/c1-16(27)29-24-23(17-7-3-2-4-8-17)26(25(24)28)22-12-11-20-13-18-9-5-6-10-19(18)14-21(20)15-22/h2-15,23-24H,1H3/t23-,24+/m1/s1. The van der Waals surface area contributed by atoms with Gasteiger partial charge in [-0.3, -0.25) is 14.5 Å². The van der Waals surface area contributed by atoms with Crippen molar-refractivity contribution in [3.8, 4) is 0 Å². The van der Waals surface area contributed by atoms with E-state index in [4.69, 9.17) is 4.74 Å². The Kier molecular flexibility index (Phi) is 4.06. The minimum absolute atomic E-state index is 0.200. The van der Waals surface area contributed by atoms with Crippen LogP contribution in [-0.2, 0) is 14.3 Å². The topological polar surface area (TPSA) is 46.6 Å². The predicted molar refractivity (Wildman–Crippen MR) is 114 cm³/mol. The molecule has 5 rings (SSSR count). The quantitative estimate of drug-likeness (QED) is 0.285. The molecular formula is C25H19NO3. The van der Waals surface area contributed by atoms with E-state index < -0.39 is 12.1 Å². The van der Waals surface area contributed by atoms with Gasteiger partial charge in [-0.05, 0) is 51.4 Å². The van der Waals surface area contributed by atoms with Gasteiger partial charge in [0.05, 0.1) is 0 Å². The molecule has 0 bridgehead atoms. The maximum absolute atomic E-state index is 12.9. The van der Waals surface area contributed by atoms with Gasteiger partial charge in [0.15, 0.2) is 0 Å². The van der Waals surface area contributed by atoms with E-state index in [0.717, 1.165) is 27.4 Å². The van der Waals surface area contributed by atoms with E-state index >= 15 is 0 Å². The number of amides is 1. The lowest BCUT2D eigenvalue weighted by Gasteiger charge is -2.46. The monoisotopic (exact) mass is 381 g/mol. The minimum atomic E-state index is -0.790. The Bertz CT molecular complexity index is 1250. The summed E-state index contributed by atoms with van der Waals surface area (Å²) in [6.45, 7) is 1.33. The van der Waals surface area contributed by atoms with Crippen LogP contribution < -0.4 is 4.90 Å². The Labute approximate surface area is 168 Å². The Morgan fingerprint density at radius 3 is 2.10 bits per heavy atom. The summed E-state index contributed by atoms with van der Waals surface area (Å²) in [5, 5.41) is 4.53. The van der Waals surface area contributed by atoms with Crippen molar-refractivity contribution in [1.82, 2.24) is 0 Å². The van der Waals surface area contributed by atoms with Crippen molar-refractivity contribution in [2.75, 3.05) is 4.90 Å². The van der Waals surface area contributed by atoms with Gasteiger partial charge in [0, 0.05) is 12.6 Å². The number of nitrogens with zero attached hydrogens (tertiary/aromatic N) is 1. The number of β-lactam (4-membered cyclic amide) rings is 1. The van der Waals surface area contributed by atoms with Crippen molar-refractivity contribution >= 4 is 39.1 Å². The lowest BCUT2D eigenvalue weighted by molar-refractivity contribution is -0.160. The summed E-state index contributed by atoms with van der Waals surface area (Å²) in [4.78, 5) is 26.1. The van der Waals surface area contributed by atoms with Crippen LogP contribution in [0.15, 0.2) is 84.9 Å². The van der Waals surface area contributed by atoms with Gasteiger partial charge >= 0.3 is 5.97 Å². The van der Waals surface area contributed by atoms with Gasteiger partial charge in [0.25, 0.3) is 5.91 Å². The van der Waals surface area contributed by atoms with Crippen LogP contribution in [0.2, 0.25) is 0 Å². The number of hydrogen-bond acceptors (Lipinski definition) is 3. The summed E-state index contributed by atoms with van der Waals surface area (Å²) in [5.41, 5.74) is 1.74. The van der Waals surface area contributed by atoms with Gasteiger partial charge in [-0.15, -0.1) is 0 Å². The first-order chi connectivity index (χ1) is 14.1. The summed E-state index contributed by atoms with van der Waals surface area (Å²) in [6.07, 6.45) is -0.790. The first-order valence-electron chi connectivity index (χ1n) is 9.59. The van der Waals surface area contributed by atoms with E-state index in [2.05, 4.69) is 24.3 Å². The zero-order valence-electron chi connectivity index (χ0n) is 15.9. The maximum Gasteiger partial charge on any atom is 0.303 e. The van der Waals surface area contributed by atoms with Gasteiger partial charge in [0.2, 0.25) is 6.10 Å². The van der Waals surface area contributed by atoms with Crippen LogP contribution in [0, 0.1) is 0 Å². The van der Waals surface area contributed by atoms with Crippen molar-refractivity contribution in [1.29, 1.82) is 0 Å². The highest BCUT2D eigenvalue weighted by molar-refractivity contribution is 6.08.